The first-order valence-corrected chi connectivity index (χ1v) is 14.7. The summed E-state index contributed by atoms with van der Waals surface area (Å²) in [5, 5.41) is 13.4. The largest absolute Gasteiger partial charge is 0.396 e. The number of hydrogen-bond donors (Lipinski definition) is 3. The normalized spacial score (nSPS) is 11.4. The molecule has 0 atom stereocenters. The maximum Gasteiger partial charge on any atom is 0.326 e. The van der Waals surface area contributed by atoms with E-state index in [-0.39, 0.29) is 30.0 Å². The lowest BCUT2D eigenvalue weighted by molar-refractivity contribution is 0.256. The van der Waals surface area contributed by atoms with Gasteiger partial charge < -0.3 is 15.4 Å². The maximum absolute atomic E-state index is 14.3. The number of urea groups is 1. The number of aromatic nitrogens is 2. The molecular formula is C34H42N4O3. The van der Waals surface area contributed by atoms with Gasteiger partial charge in [-0.2, -0.15) is 0 Å². The quantitative estimate of drug-likeness (QED) is 0.178. The van der Waals surface area contributed by atoms with Crippen molar-refractivity contribution < 1.29 is 9.90 Å². The number of nitrogens with one attached hydrogen (secondary N) is 2. The summed E-state index contributed by atoms with van der Waals surface area (Å²) < 4.78 is 0. The van der Waals surface area contributed by atoms with Gasteiger partial charge in [-0.15, -0.1) is 0 Å². The number of aryl methyl sites for hydroxylation is 1. The van der Waals surface area contributed by atoms with Gasteiger partial charge in [0.1, 0.15) is 11.3 Å². The Morgan fingerprint density at radius 2 is 1.71 bits per heavy atom. The van der Waals surface area contributed by atoms with Gasteiger partial charge in [0.2, 0.25) is 0 Å². The van der Waals surface area contributed by atoms with Crippen molar-refractivity contribution in [2.75, 3.05) is 23.4 Å². The van der Waals surface area contributed by atoms with Crippen molar-refractivity contribution in [1.82, 2.24) is 9.97 Å². The number of anilines is 2. The molecule has 2 heterocycles. The van der Waals surface area contributed by atoms with E-state index < -0.39 is 0 Å². The van der Waals surface area contributed by atoms with E-state index in [1.54, 1.807) is 11.1 Å². The van der Waals surface area contributed by atoms with Crippen LogP contribution in [0, 0.1) is 0 Å². The zero-order valence-electron chi connectivity index (χ0n) is 24.8. The minimum absolute atomic E-state index is 0.106. The summed E-state index contributed by atoms with van der Waals surface area (Å²) in [5.41, 5.74) is 5.92. The van der Waals surface area contributed by atoms with Crippen LogP contribution in [-0.4, -0.2) is 34.3 Å². The second kappa shape index (κ2) is 13.6. The molecule has 0 bridgehead atoms. The molecule has 3 N–H and O–H groups in total. The van der Waals surface area contributed by atoms with Gasteiger partial charge in [0.15, 0.2) is 0 Å². The SMILES string of the molecule is CCCCN(C(=O)Nc1c(C(C)C)cccc1C(C)C)c1c(-c2cccc(CCCO)c2)c2cccnc2[nH]c1=O. The van der Waals surface area contributed by atoms with Gasteiger partial charge in [-0.3, -0.25) is 9.69 Å². The van der Waals surface area contributed by atoms with Crippen molar-refractivity contribution in [2.24, 2.45) is 0 Å². The highest BCUT2D eigenvalue weighted by molar-refractivity contribution is 6.09. The van der Waals surface area contributed by atoms with Gasteiger partial charge in [0.05, 0.1) is 0 Å². The average Bonchev–Trinajstić information content (AvgIpc) is 2.96. The molecule has 2 aromatic carbocycles. The van der Waals surface area contributed by atoms with E-state index in [4.69, 9.17) is 0 Å². The number of hydrogen-bond acceptors (Lipinski definition) is 4. The monoisotopic (exact) mass is 554 g/mol. The minimum atomic E-state index is -0.362. The number of aliphatic hydroxyl groups excluding tert-OH is 1. The number of carbonyl (C=O) groups excluding carboxylic acids is 1. The standard InChI is InChI=1S/C34H42N4O3/c1-6-7-19-38(34(41)36-30-26(22(2)3)15-9-16-27(30)23(4)5)31-29(25-14-8-12-24(21-25)13-11-20-39)28-17-10-18-35-32(28)37-33(31)40/h8-10,12,14-18,21-23,39H,6-7,11,13,19-20H2,1-5H3,(H,36,41)(H,35,37,40). The van der Waals surface area contributed by atoms with E-state index in [1.165, 1.54) is 0 Å². The van der Waals surface area contributed by atoms with E-state index in [9.17, 15) is 14.7 Å². The van der Waals surface area contributed by atoms with Crippen LogP contribution >= 0.6 is 0 Å². The summed E-state index contributed by atoms with van der Waals surface area (Å²) in [5.74, 6) is 0.418. The second-order valence-electron chi connectivity index (χ2n) is 11.2. The van der Waals surface area contributed by atoms with Crippen molar-refractivity contribution in [3.8, 4) is 11.1 Å². The molecule has 0 aliphatic rings. The van der Waals surface area contributed by atoms with Gasteiger partial charge in [-0.25, -0.2) is 9.78 Å². The van der Waals surface area contributed by atoms with Crippen molar-refractivity contribution in [3.05, 3.63) is 87.8 Å². The van der Waals surface area contributed by atoms with E-state index in [0.717, 1.165) is 46.2 Å². The Bertz CT molecular complexity index is 1530. The molecule has 41 heavy (non-hydrogen) atoms. The van der Waals surface area contributed by atoms with Crippen LogP contribution in [0.25, 0.3) is 22.2 Å². The molecule has 0 radical (unpaired) electrons. The Balaban J connectivity index is 1.92. The van der Waals surface area contributed by atoms with Crippen LogP contribution in [0.5, 0.6) is 0 Å². The summed E-state index contributed by atoms with van der Waals surface area (Å²) in [6.45, 7) is 11.0. The molecule has 0 saturated heterocycles. The number of para-hydroxylation sites is 1. The van der Waals surface area contributed by atoms with Crippen LogP contribution < -0.4 is 15.8 Å². The lowest BCUT2D eigenvalue weighted by Gasteiger charge is -2.28. The molecule has 4 aromatic rings. The third-order valence-electron chi connectivity index (χ3n) is 7.46. The van der Waals surface area contributed by atoms with Gasteiger partial charge in [0.25, 0.3) is 5.56 Å². The molecule has 0 aliphatic carbocycles. The third-order valence-corrected chi connectivity index (χ3v) is 7.46. The van der Waals surface area contributed by atoms with Gasteiger partial charge in [0, 0.05) is 36.0 Å². The lowest BCUT2D eigenvalue weighted by atomic mass is 9.92. The molecule has 0 saturated carbocycles. The first-order chi connectivity index (χ1) is 19.8. The summed E-state index contributed by atoms with van der Waals surface area (Å²) in [6, 6.07) is 17.6. The molecule has 7 nitrogen and oxygen atoms in total. The van der Waals surface area contributed by atoms with Gasteiger partial charge in [-0.1, -0.05) is 83.5 Å². The number of pyridine rings is 2. The molecule has 0 spiro atoms. The van der Waals surface area contributed by atoms with Crippen LogP contribution in [0.4, 0.5) is 16.2 Å². The molecule has 7 heteroatoms. The predicted octanol–water partition coefficient (Wildman–Crippen LogP) is 7.60. The Morgan fingerprint density at radius 3 is 2.37 bits per heavy atom. The van der Waals surface area contributed by atoms with Crippen LogP contribution in [-0.2, 0) is 6.42 Å². The number of fused-ring (bicyclic) bond motifs is 1. The van der Waals surface area contributed by atoms with E-state index >= 15 is 0 Å². The first-order valence-electron chi connectivity index (χ1n) is 14.7. The summed E-state index contributed by atoms with van der Waals surface area (Å²) in [7, 11) is 0. The molecule has 0 unspecified atom stereocenters. The number of aromatic amines is 1. The highest BCUT2D eigenvalue weighted by Gasteiger charge is 2.27. The third kappa shape index (κ3) is 6.68. The molecule has 2 amide bonds. The van der Waals surface area contributed by atoms with Crippen LogP contribution in [0.15, 0.2) is 65.6 Å². The van der Waals surface area contributed by atoms with Crippen molar-refractivity contribution in [1.29, 1.82) is 0 Å². The van der Waals surface area contributed by atoms with Gasteiger partial charge >= 0.3 is 6.03 Å². The van der Waals surface area contributed by atoms with Crippen LogP contribution in [0.3, 0.4) is 0 Å². The predicted molar refractivity (Wildman–Crippen MR) is 169 cm³/mol. The number of carbonyl (C=O) groups is 1. The number of amides is 2. The fourth-order valence-corrected chi connectivity index (χ4v) is 5.33. The van der Waals surface area contributed by atoms with Gasteiger partial charge in [-0.05, 0) is 65.5 Å². The second-order valence-corrected chi connectivity index (χ2v) is 11.2. The van der Waals surface area contributed by atoms with E-state index in [2.05, 4.69) is 62.0 Å². The van der Waals surface area contributed by atoms with Crippen molar-refractivity contribution in [2.45, 2.75) is 72.1 Å². The fraction of sp³-hybridized carbons (Fsp3) is 0.382. The summed E-state index contributed by atoms with van der Waals surface area (Å²) >= 11 is 0. The Hall–Kier alpha value is -3.97. The number of benzene rings is 2. The Morgan fingerprint density at radius 1 is 1.00 bits per heavy atom. The van der Waals surface area contributed by atoms with E-state index in [0.29, 0.717) is 36.3 Å². The smallest absolute Gasteiger partial charge is 0.326 e. The Labute approximate surface area is 242 Å². The average molecular weight is 555 g/mol. The highest BCUT2D eigenvalue weighted by atomic mass is 16.3. The Kier molecular flexibility index (Phi) is 9.95. The van der Waals surface area contributed by atoms with Crippen molar-refractivity contribution >= 4 is 28.4 Å². The molecule has 216 valence electrons. The number of unbranched alkanes of at least 4 members (excludes halogenated alkanes) is 1. The molecule has 4 rings (SSSR count). The lowest BCUT2D eigenvalue weighted by Crippen LogP contribution is -2.40. The topological polar surface area (TPSA) is 98.3 Å². The molecule has 2 aromatic heterocycles. The zero-order valence-corrected chi connectivity index (χ0v) is 24.8. The van der Waals surface area contributed by atoms with Crippen molar-refractivity contribution in [3.63, 3.8) is 0 Å². The molecule has 0 aliphatic heterocycles. The number of rotatable bonds is 11. The fourth-order valence-electron chi connectivity index (χ4n) is 5.33. The number of aliphatic hydroxyl groups is 1. The van der Waals surface area contributed by atoms with Crippen LogP contribution in [0.2, 0.25) is 0 Å². The molecule has 0 fully saturated rings. The summed E-state index contributed by atoms with van der Waals surface area (Å²) in [4.78, 5) is 37.1. The number of H-pyrrole nitrogens is 1. The summed E-state index contributed by atoms with van der Waals surface area (Å²) in [6.07, 6.45) is 4.60. The minimum Gasteiger partial charge on any atom is -0.396 e. The molecular weight excluding hydrogens is 512 g/mol. The zero-order chi connectivity index (χ0) is 29.5. The van der Waals surface area contributed by atoms with Crippen LogP contribution in [0.1, 0.15) is 82.4 Å². The number of nitrogens with zero attached hydrogens (tertiary/aromatic N) is 2. The first kappa shape index (κ1) is 30.0. The highest BCUT2D eigenvalue weighted by Crippen LogP contribution is 2.36. The maximum atomic E-state index is 14.3. The van der Waals surface area contributed by atoms with E-state index in [1.807, 2.05) is 42.5 Å².